The second kappa shape index (κ2) is 5.13. The smallest absolute Gasteiger partial charge is 0.243 e. The van der Waals surface area contributed by atoms with Gasteiger partial charge < -0.3 is 5.32 Å². The van der Waals surface area contributed by atoms with Crippen LogP contribution in [0.2, 0.25) is 0 Å². The summed E-state index contributed by atoms with van der Waals surface area (Å²) in [6.45, 7) is 6.27. The number of fused-ring (bicyclic) bond motifs is 1. The minimum Gasteiger partial charge on any atom is -0.314 e. The van der Waals surface area contributed by atoms with Crippen molar-refractivity contribution in [2.24, 2.45) is 5.92 Å². The zero-order valence-electron chi connectivity index (χ0n) is 12.1. The lowest BCUT2D eigenvalue weighted by atomic mass is 9.95. The highest BCUT2D eigenvalue weighted by Crippen LogP contribution is 2.29. The third-order valence-corrected chi connectivity index (χ3v) is 6.60. The van der Waals surface area contributed by atoms with Crippen LogP contribution in [0.5, 0.6) is 0 Å². The molecule has 0 amide bonds. The van der Waals surface area contributed by atoms with Gasteiger partial charge in [-0.1, -0.05) is 6.07 Å². The predicted octanol–water partition coefficient (Wildman–Crippen LogP) is 1.68. The lowest BCUT2D eigenvalue weighted by Gasteiger charge is -2.34. The zero-order valence-corrected chi connectivity index (χ0v) is 12.9. The number of nitrogens with zero attached hydrogens (tertiary/aromatic N) is 1. The molecule has 0 bridgehead atoms. The standard InChI is InChI=1S/C15H22N2O2S/c1-11-3-4-14(9-12(11)2)20(18,19)17-8-6-15-13(10-17)5-7-16-15/h3-4,9,13,15-16H,5-8,10H2,1-2H3. The number of rotatable bonds is 2. The van der Waals surface area contributed by atoms with E-state index in [1.54, 1.807) is 16.4 Å². The fraction of sp³-hybridized carbons (Fsp3) is 0.600. The first-order valence-electron chi connectivity index (χ1n) is 7.29. The number of piperidine rings is 1. The average molecular weight is 294 g/mol. The van der Waals surface area contributed by atoms with Gasteiger partial charge in [0.15, 0.2) is 0 Å². The van der Waals surface area contributed by atoms with Crippen molar-refractivity contribution in [3.63, 3.8) is 0 Å². The summed E-state index contributed by atoms with van der Waals surface area (Å²) in [6, 6.07) is 5.94. The molecule has 110 valence electrons. The molecule has 20 heavy (non-hydrogen) atoms. The van der Waals surface area contributed by atoms with E-state index in [4.69, 9.17) is 0 Å². The van der Waals surface area contributed by atoms with Crippen molar-refractivity contribution in [2.45, 2.75) is 37.6 Å². The predicted molar refractivity (Wildman–Crippen MR) is 79.2 cm³/mol. The summed E-state index contributed by atoms with van der Waals surface area (Å²) in [6.07, 6.45) is 2.01. The normalized spacial score (nSPS) is 27.5. The Balaban J connectivity index is 1.86. The largest absolute Gasteiger partial charge is 0.314 e. The van der Waals surface area contributed by atoms with E-state index in [0.29, 0.717) is 29.9 Å². The Morgan fingerprint density at radius 3 is 2.75 bits per heavy atom. The van der Waals surface area contributed by atoms with E-state index >= 15 is 0 Å². The molecule has 2 fully saturated rings. The van der Waals surface area contributed by atoms with Crippen LogP contribution in [0.4, 0.5) is 0 Å². The minimum atomic E-state index is -3.33. The van der Waals surface area contributed by atoms with Crippen LogP contribution in [0.1, 0.15) is 24.0 Å². The fourth-order valence-corrected chi connectivity index (χ4v) is 4.85. The molecule has 2 aliphatic rings. The van der Waals surface area contributed by atoms with Gasteiger partial charge in [0.2, 0.25) is 10.0 Å². The lowest BCUT2D eigenvalue weighted by molar-refractivity contribution is 0.247. The summed E-state index contributed by atoms with van der Waals surface area (Å²) in [7, 11) is -3.33. The number of hydrogen-bond donors (Lipinski definition) is 1. The maximum Gasteiger partial charge on any atom is 0.243 e. The average Bonchev–Trinajstić information content (AvgIpc) is 2.89. The molecule has 2 saturated heterocycles. The van der Waals surface area contributed by atoms with Crippen molar-refractivity contribution >= 4 is 10.0 Å². The molecule has 2 aliphatic heterocycles. The van der Waals surface area contributed by atoms with Gasteiger partial charge in [-0.3, -0.25) is 0 Å². The van der Waals surface area contributed by atoms with Crippen LogP contribution in [-0.4, -0.2) is 38.4 Å². The van der Waals surface area contributed by atoms with Crippen molar-refractivity contribution in [1.29, 1.82) is 0 Å². The quantitative estimate of drug-likeness (QED) is 0.903. The van der Waals surface area contributed by atoms with E-state index in [-0.39, 0.29) is 0 Å². The maximum absolute atomic E-state index is 12.7. The van der Waals surface area contributed by atoms with Crippen LogP contribution in [0, 0.1) is 19.8 Å². The summed E-state index contributed by atoms with van der Waals surface area (Å²) in [4.78, 5) is 0.435. The third-order valence-electron chi connectivity index (χ3n) is 4.73. The second-order valence-corrected chi connectivity index (χ2v) is 7.95. The third kappa shape index (κ3) is 2.38. The molecule has 3 rings (SSSR count). The van der Waals surface area contributed by atoms with Crippen LogP contribution in [0.3, 0.4) is 0 Å². The van der Waals surface area contributed by atoms with Crippen molar-refractivity contribution < 1.29 is 8.42 Å². The van der Waals surface area contributed by atoms with Gasteiger partial charge in [-0.25, -0.2) is 8.42 Å². The van der Waals surface area contributed by atoms with E-state index in [9.17, 15) is 8.42 Å². The highest BCUT2D eigenvalue weighted by Gasteiger charge is 2.37. The van der Waals surface area contributed by atoms with Gasteiger partial charge >= 0.3 is 0 Å². The lowest BCUT2D eigenvalue weighted by Crippen LogP contribution is -2.46. The van der Waals surface area contributed by atoms with Crippen molar-refractivity contribution in [3.8, 4) is 0 Å². The van der Waals surface area contributed by atoms with Gasteiger partial charge in [-0.2, -0.15) is 4.31 Å². The molecule has 5 heteroatoms. The number of nitrogens with one attached hydrogen (secondary N) is 1. The van der Waals surface area contributed by atoms with Crippen LogP contribution in [-0.2, 0) is 10.0 Å². The Kier molecular flexibility index (Phi) is 3.60. The summed E-state index contributed by atoms with van der Waals surface area (Å²) in [5.41, 5.74) is 2.16. The van der Waals surface area contributed by atoms with Crippen LogP contribution in [0.15, 0.2) is 23.1 Å². The molecular formula is C15H22N2O2S. The fourth-order valence-electron chi connectivity index (χ4n) is 3.26. The van der Waals surface area contributed by atoms with Crippen molar-refractivity contribution in [2.75, 3.05) is 19.6 Å². The van der Waals surface area contributed by atoms with Gasteiger partial charge in [0.1, 0.15) is 0 Å². The molecule has 0 radical (unpaired) electrons. The topological polar surface area (TPSA) is 49.4 Å². The van der Waals surface area contributed by atoms with E-state index in [2.05, 4.69) is 5.32 Å². The van der Waals surface area contributed by atoms with E-state index < -0.39 is 10.0 Å². The SMILES string of the molecule is Cc1ccc(S(=O)(=O)N2CCC3NCCC3C2)cc1C. The van der Waals surface area contributed by atoms with Crippen LogP contribution in [0.25, 0.3) is 0 Å². The molecule has 2 atom stereocenters. The first-order chi connectivity index (χ1) is 9.48. The highest BCUT2D eigenvalue weighted by molar-refractivity contribution is 7.89. The molecule has 2 unspecified atom stereocenters. The van der Waals surface area contributed by atoms with E-state index in [0.717, 1.165) is 30.5 Å². The Labute approximate surface area is 121 Å². The van der Waals surface area contributed by atoms with Crippen molar-refractivity contribution in [3.05, 3.63) is 29.3 Å². The number of sulfonamides is 1. The maximum atomic E-state index is 12.7. The molecule has 0 spiro atoms. The summed E-state index contributed by atoms with van der Waals surface area (Å²) >= 11 is 0. The molecule has 1 aromatic rings. The molecule has 2 heterocycles. The molecule has 4 nitrogen and oxygen atoms in total. The minimum absolute atomic E-state index is 0.435. The Hall–Kier alpha value is -0.910. The van der Waals surface area contributed by atoms with Gasteiger partial charge in [0.05, 0.1) is 4.90 Å². The molecule has 0 aromatic heterocycles. The molecule has 0 aliphatic carbocycles. The number of aryl methyl sites for hydroxylation is 2. The Morgan fingerprint density at radius 1 is 1.20 bits per heavy atom. The second-order valence-electron chi connectivity index (χ2n) is 6.01. The zero-order chi connectivity index (χ0) is 14.3. The van der Waals surface area contributed by atoms with Gasteiger partial charge in [-0.05, 0) is 62.4 Å². The number of benzene rings is 1. The first-order valence-corrected chi connectivity index (χ1v) is 8.73. The van der Waals surface area contributed by atoms with E-state index in [1.807, 2.05) is 19.9 Å². The molecule has 1 aromatic carbocycles. The summed E-state index contributed by atoms with van der Waals surface area (Å²) < 4.78 is 27.2. The van der Waals surface area contributed by atoms with Gasteiger partial charge in [0.25, 0.3) is 0 Å². The van der Waals surface area contributed by atoms with Crippen LogP contribution < -0.4 is 5.32 Å². The van der Waals surface area contributed by atoms with Gasteiger partial charge in [-0.15, -0.1) is 0 Å². The van der Waals surface area contributed by atoms with Gasteiger partial charge in [0, 0.05) is 19.1 Å². The molecule has 1 N–H and O–H groups in total. The first kappa shape index (κ1) is 14.0. The van der Waals surface area contributed by atoms with E-state index in [1.165, 1.54) is 0 Å². The van der Waals surface area contributed by atoms with Crippen LogP contribution >= 0.6 is 0 Å². The summed E-state index contributed by atoms with van der Waals surface area (Å²) in [5.74, 6) is 0.477. The molecular weight excluding hydrogens is 272 g/mol. The molecule has 0 saturated carbocycles. The highest BCUT2D eigenvalue weighted by atomic mass is 32.2. The number of hydrogen-bond acceptors (Lipinski definition) is 3. The Morgan fingerprint density at radius 2 is 2.00 bits per heavy atom. The van der Waals surface area contributed by atoms with Crippen molar-refractivity contribution in [1.82, 2.24) is 9.62 Å². The Bertz CT molecular complexity index is 612. The monoisotopic (exact) mass is 294 g/mol. The summed E-state index contributed by atoms with van der Waals surface area (Å²) in [5, 5.41) is 3.47.